The predicted octanol–water partition coefficient (Wildman–Crippen LogP) is 1.24. The van der Waals surface area contributed by atoms with Crippen molar-refractivity contribution in [2.24, 2.45) is 0 Å². The zero-order valence-corrected chi connectivity index (χ0v) is 11.7. The van der Waals surface area contributed by atoms with Crippen LogP contribution in [0.5, 0.6) is 0 Å². The zero-order valence-electron chi connectivity index (χ0n) is 11.7. The number of fused-ring (bicyclic) bond motifs is 1. The summed E-state index contributed by atoms with van der Waals surface area (Å²) in [6.45, 7) is 2.36. The maximum atomic E-state index is 12.2. The molecule has 1 aromatic carbocycles. The number of benzene rings is 1. The molecular weight excluding hydrogens is 272 g/mol. The van der Waals surface area contributed by atoms with E-state index in [1.54, 1.807) is 17.0 Å². The van der Waals surface area contributed by atoms with Crippen molar-refractivity contribution < 1.29 is 19.4 Å². The molecule has 0 aromatic heterocycles. The molecule has 2 aliphatic rings. The monoisotopic (exact) mass is 290 g/mol. The van der Waals surface area contributed by atoms with E-state index in [-0.39, 0.29) is 17.6 Å². The molecule has 1 atom stereocenters. The number of carboxylic acid groups (broad SMARTS) is 1. The van der Waals surface area contributed by atoms with Gasteiger partial charge in [0.2, 0.25) is 0 Å². The fourth-order valence-corrected chi connectivity index (χ4v) is 2.78. The number of rotatable bonds is 2. The number of carbonyl (C=O) groups is 2. The molecule has 21 heavy (non-hydrogen) atoms. The molecular formula is C15H18N2O4. The van der Waals surface area contributed by atoms with Crippen LogP contribution in [-0.4, -0.2) is 47.8 Å². The zero-order chi connectivity index (χ0) is 14.8. The molecule has 112 valence electrons. The van der Waals surface area contributed by atoms with Crippen LogP contribution in [0.2, 0.25) is 0 Å². The molecule has 1 saturated heterocycles. The number of carboxylic acids is 1. The van der Waals surface area contributed by atoms with Gasteiger partial charge in [0.25, 0.3) is 0 Å². The highest BCUT2D eigenvalue weighted by Gasteiger charge is 2.25. The molecule has 0 saturated carbocycles. The minimum Gasteiger partial charge on any atom is -0.478 e. The Morgan fingerprint density at radius 3 is 2.90 bits per heavy atom. The Kier molecular flexibility index (Phi) is 3.79. The first-order valence-electron chi connectivity index (χ1n) is 7.12. The molecule has 1 aromatic rings. The largest absolute Gasteiger partial charge is 0.478 e. The Bertz CT molecular complexity index is 567. The maximum absolute atomic E-state index is 12.2. The summed E-state index contributed by atoms with van der Waals surface area (Å²) in [4.78, 5) is 25.0. The van der Waals surface area contributed by atoms with E-state index < -0.39 is 5.97 Å². The summed E-state index contributed by atoms with van der Waals surface area (Å²) in [5.41, 5.74) is 2.30. The topological polar surface area (TPSA) is 78.9 Å². The minimum atomic E-state index is -0.942. The number of ether oxygens (including phenoxy) is 1. The average Bonchev–Trinajstić information content (AvgIpc) is 2.98. The molecule has 2 aliphatic heterocycles. The van der Waals surface area contributed by atoms with Gasteiger partial charge >= 0.3 is 12.0 Å². The summed E-state index contributed by atoms with van der Waals surface area (Å²) in [6.07, 6.45) is 1.60. The smallest absolute Gasteiger partial charge is 0.335 e. The molecule has 0 aliphatic carbocycles. The van der Waals surface area contributed by atoms with Gasteiger partial charge in [-0.3, -0.25) is 0 Å². The first-order valence-corrected chi connectivity index (χ1v) is 7.12. The van der Waals surface area contributed by atoms with Crippen molar-refractivity contribution in [2.75, 3.05) is 19.8 Å². The molecule has 0 spiro atoms. The van der Waals surface area contributed by atoms with Crippen LogP contribution in [-0.2, 0) is 17.7 Å². The maximum Gasteiger partial charge on any atom is 0.335 e. The van der Waals surface area contributed by atoms with Crippen LogP contribution in [0.15, 0.2) is 18.2 Å². The van der Waals surface area contributed by atoms with E-state index >= 15 is 0 Å². The molecule has 0 bridgehead atoms. The van der Waals surface area contributed by atoms with Crippen molar-refractivity contribution in [1.29, 1.82) is 0 Å². The van der Waals surface area contributed by atoms with Gasteiger partial charge in [-0.25, -0.2) is 9.59 Å². The molecule has 2 N–H and O–H groups in total. The molecule has 1 unspecified atom stereocenters. The van der Waals surface area contributed by atoms with Crippen LogP contribution in [0.3, 0.4) is 0 Å². The van der Waals surface area contributed by atoms with Gasteiger partial charge in [-0.1, -0.05) is 6.07 Å². The Morgan fingerprint density at radius 1 is 1.33 bits per heavy atom. The van der Waals surface area contributed by atoms with Crippen molar-refractivity contribution in [3.8, 4) is 0 Å². The number of hydrogen-bond donors (Lipinski definition) is 2. The second kappa shape index (κ2) is 5.73. The van der Waals surface area contributed by atoms with Crippen LogP contribution in [0.1, 0.15) is 27.9 Å². The number of amides is 2. The van der Waals surface area contributed by atoms with Gasteiger partial charge in [-0.05, 0) is 36.1 Å². The number of hydrogen-bond acceptors (Lipinski definition) is 3. The number of nitrogens with zero attached hydrogens (tertiary/aromatic N) is 1. The lowest BCUT2D eigenvalue weighted by molar-refractivity contribution is 0.0696. The highest BCUT2D eigenvalue weighted by atomic mass is 16.5. The third kappa shape index (κ3) is 3.00. The van der Waals surface area contributed by atoms with Crippen LogP contribution >= 0.6 is 0 Å². The van der Waals surface area contributed by atoms with Crippen molar-refractivity contribution in [1.82, 2.24) is 10.2 Å². The van der Waals surface area contributed by atoms with E-state index in [2.05, 4.69) is 5.32 Å². The van der Waals surface area contributed by atoms with E-state index in [0.29, 0.717) is 26.3 Å². The molecule has 0 radical (unpaired) electrons. The standard InChI is InChI=1S/C15H18N2O4/c18-14(19)11-2-1-10-3-5-17(8-12(10)7-11)15(20)16-13-4-6-21-9-13/h1-2,7,13H,3-6,8-9H2,(H,16,20)(H,18,19). The van der Waals surface area contributed by atoms with E-state index in [1.165, 1.54) is 0 Å². The highest BCUT2D eigenvalue weighted by molar-refractivity contribution is 5.88. The van der Waals surface area contributed by atoms with Gasteiger partial charge in [0.1, 0.15) is 0 Å². The lowest BCUT2D eigenvalue weighted by Gasteiger charge is -2.30. The minimum absolute atomic E-state index is 0.0873. The molecule has 2 amide bonds. The summed E-state index contributed by atoms with van der Waals surface area (Å²) in [7, 11) is 0. The Labute approximate surface area is 122 Å². The Morgan fingerprint density at radius 2 is 2.19 bits per heavy atom. The van der Waals surface area contributed by atoms with Gasteiger partial charge in [-0.2, -0.15) is 0 Å². The van der Waals surface area contributed by atoms with Crippen LogP contribution in [0.4, 0.5) is 4.79 Å². The third-order valence-electron chi connectivity index (χ3n) is 4.01. The molecule has 6 heteroatoms. The summed E-state index contributed by atoms with van der Waals surface area (Å²) < 4.78 is 5.25. The summed E-state index contributed by atoms with van der Waals surface area (Å²) in [5, 5.41) is 12.0. The van der Waals surface area contributed by atoms with E-state index in [1.807, 2.05) is 6.07 Å². The van der Waals surface area contributed by atoms with Gasteiger partial charge in [0, 0.05) is 19.7 Å². The first kappa shape index (κ1) is 13.9. The molecule has 6 nitrogen and oxygen atoms in total. The Balaban J connectivity index is 1.69. The predicted molar refractivity (Wildman–Crippen MR) is 75.3 cm³/mol. The van der Waals surface area contributed by atoms with E-state index in [0.717, 1.165) is 24.0 Å². The second-order valence-electron chi connectivity index (χ2n) is 5.47. The number of nitrogens with one attached hydrogen (secondary N) is 1. The summed E-state index contributed by atoms with van der Waals surface area (Å²) in [5.74, 6) is -0.942. The highest BCUT2D eigenvalue weighted by Crippen LogP contribution is 2.21. The normalized spacial score (nSPS) is 21.0. The van der Waals surface area contributed by atoms with Crippen LogP contribution in [0, 0.1) is 0 Å². The van der Waals surface area contributed by atoms with Crippen molar-refractivity contribution >= 4 is 12.0 Å². The molecule has 2 heterocycles. The van der Waals surface area contributed by atoms with E-state index in [4.69, 9.17) is 9.84 Å². The fourth-order valence-electron chi connectivity index (χ4n) is 2.78. The second-order valence-corrected chi connectivity index (χ2v) is 5.47. The summed E-state index contributed by atoms with van der Waals surface area (Å²) in [6, 6.07) is 5.11. The van der Waals surface area contributed by atoms with Gasteiger partial charge < -0.3 is 20.1 Å². The van der Waals surface area contributed by atoms with Gasteiger partial charge in [0.05, 0.1) is 18.2 Å². The van der Waals surface area contributed by atoms with Crippen molar-refractivity contribution in [3.63, 3.8) is 0 Å². The number of aromatic carboxylic acids is 1. The van der Waals surface area contributed by atoms with Gasteiger partial charge in [0.15, 0.2) is 0 Å². The molecule has 3 rings (SSSR count). The van der Waals surface area contributed by atoms with Crippen molar-refractivity contribution in [2.45, 2.75) is 25.4 Å². The third-order valence-corrected chi connectivity index (χ3v) is 4.01. The Hall–Kier alpha value is -2.08. The molecule has 1 fully saturated rings. The average molecular weight is 290 g/mol. The van der Waals surface area contributed by atoms with Gasteiger partial charge in [-0.15, -0.1) is 0 Å². The van der Waals surface area contributed by atoms with E-state index in [9.17, 15) is 9.59 Å². The lowest BCUT2D eigenvalue weighted by atomic mass is 9.97. The SMILES string of the molecule is O=C(O)c1ccc2c(c1)CN(C(=O)NC1CCOC1)CC2. The van der Waals surface area contributed by atoms with Crippen LogP contribution in [0.25, 0.3) is 0 Å². The fraction of sp³-hybridized carbons (Fsp3) is 0.467. The first-order chi connectivity index (χ1) is 10.1. The summed E-state index contributed by atoms with van der Waals surface area (Å²) >= 11 is 0. The number of urea groups is 1. The van der Waals surface area contributed by atoms with Crippen molar-refractivity contribution in [3.05, 3.63) is 34.9 Å². The number of carbonyl (C=O) groups excluding carboxylic acids is 1. The quantitative estimate of drug-likeness (QED) is 0.859. The van der Waals surface area contributed by atoms with Crippen LogP contribution < -0.4 is 5.32 Å². The lowest BCUT2D eigenvalue weighted by Crippen LogP contribution is -2.46.